The molecule has 0 spiro atoms. The van der Waals surface area contributed by atoms with Gasteiger partial charge in [0, 0.05) is 5.02 Å². The quantitative estimate of drug-likeness (QED) is 0.461. The number of halogens is 1. The fraction of sp³-hybridized carbons (Fsp3) is 0.333. The predicted octanol–water partition coefficient (Wildman–Crippen LogP) is 2.49. The van der Waals surface area contributed by atoms with Crippen LogP contribution >= 0.6 is 11.6 Å². The van der Waals surface area contributed by atoms with Crippen molar-refractivity contribution < 1.29 is 14.3 Å². The molecule has 1 rings (SSSR count). The standard InChI is InChI=1S/C12H13ClO3/c1-3-16-12(15)11(7-14)9-4-8(2)5-10(13)6-9/h4-7,11H,3H2,1-2H3. The first kappa shape index (κ1) is 12.7. The number of hydrogen-bond donors (Lipinski definition) is 0. The van der Waals surface area contributed by atoms with Crippen LogP contribution in [0.1, 0.15) is 24.0 Å². The molecule has 16 heavy (non-hydrogen) atoms. The molecule has 0 amide bonds. The van der Waals surface area contributed by atoms with Crippen LogP contribution in [-0.2, 0) is 14.3 Å². The van der Waals surface area contributed by atoms with Crippen molar-refractivity contribution >= 4 is 23.9 Å². The van der Waals surface area contributed by atoms with E-state index in [0.29, 0.717) is 16.9 Å². The van der Waals surface area contributed by atoms with Crippen LogP contribution in [0.2, 0.25) is 5.02 Å². The second-order valence-corrected chi connectivity index (χ2v) is 3.86. The summed E-state index contributed by atoms with van der Waals surface area (Å²) in [6, 6.07) is 5.12. The minimum atomic E-state index is -0.891. The topological polar surface area (TPSA) is 43.4 Å². The lowest BCUT2D eigenvalue weighted by molar-refractivity contribution is -0.146. The number of aryl methyl sites for hydroxylation is 1. The second kappa shape index (κ2) is 5.66. The number of rotatable bonds is 4. The van der Waals surface area contributed by atoms with Gasteiger partial charge in [0.05, 0.1) is 6.61 Å². The van der Waals surface area contributed by atoms with Gasteiger partial charge in [-0.25, -0.2) is 0 Å². The van der Waals surface area contributed by atoms with Crippen molar-refractivity contribution in [2.45, 2.75) is 19.8 Å². The Balaban J connectivity index is 3.03. The first-order chi connectivity index (χ1) is 7.58. The molecule has 86 valence electrons. The van der Waals surface area contributed by atoms with E-state index in [2.05, 4.69) is 0 Å². The van der Waals surface area contributed by atoms with Gasteiger partial charge in [-0.3, -0.25) is 4.79 Å². The van der Waals surface area contributed by atoms with Crippen molar-refractivity contribution in [3.8, 4) is 0 Å². The second-order valence-electron chi connectivity index (χ2n) is 3.43. The lowest BCUT2D eigenvalue weighted by atomic mass is 9.99. The highest BCUT2D eigenvalue weighted by Gasteiger charge is 2.21. The Morgan fingerprint density at radius 3 is 2.69 bits per heavy atom. The Morgan fingerprint density at radius 1 is 1.50 bits per heavy atom. The highest BCUT2D eigenvalue weighted by Crippen LogP contribution is 2.21. The molecule has 1 atom stereocenters. The van der Waals surface area contributed by atoms with Gasteiger partial charge in [0.1, 0.15) is 12.2 Å². The van der Waals surface area contributed by atoms with Crippen molar-refractivity contribution in [3.05, 3.63) is 34.3 Å². The summed E-state index contributed by atoms with van der Waals surface area (Å²) in [6.07, 6.45) is 0.573. The van der Waals surface area contributed by atoms with Crippen LogP contribution in [0.15, 0.2) is 18.2 Å². The average Bonchev–Trinajstić information content (AvgIpc) is 2.17. The van der Waals surface area contributed by atoms with E-state index in [1.807, 2.05) is 6.92 Å². The zero-order chi connectivity index (χ0) is 12.1. The molecule has 0 fully saturated rings. The van der Waals surface area contributed by atoms with Gasteiger partial charge < -0.3 is 9.53 Å². The highest BCUT2D eigenvalue weighted by molar-refractivity contribution is 6.30. The summed E-state index contributed by atoms with van der Waals surface area (Å²) in [6.45, 7) is 3.80. The van der Waals surface area contributed by atoms with Gasteiger partial charge in [0.2, 0.25) is 0 Å². The maximum Gasteiger partial charge on any atom is 0.320 e. The Labute approximate surface area is 99.4 Å². The van der Waals surface area contributed by atoms with E-state index in [1.165, 1.54) is 0 Å². The Morgan fingerprint density at radius 2 is 2.19 bits per heavy atom. The molecule has 0 saturated heterocycles. The zero-order valence-corrected chi connectivity index (χ0v) is 9.95. The number of hydrogen-bond acceptors (Lipinski definition) is 3. The molecule has 1 aromatic carbocycles. The molecule has 0 aliphatic heterocycles. The predicted molar refractivity (Wildman–Crippen MR) is 61.6 cm³/mol. The third-order valence-electron chi connectivity index (χ3n) is 2.10. The van der Waals surface area contributed by atoms with Gasteiger partial charge in [-0.05, 0) is 37.1 Å². The maximum absolute atomic E-state index is 11.5. The third-order valence-corrected chi connectivity index (χ3v) is 2.32. The molecule has 0 radical (unpaired) electrons. The SMILES string of the molecule is CCOC(=O)C(C=O)c1cc(C)cc(Cl)c1. The molecule has 0 saturated carbocycles. The summed E-state index contributed by atoms with van der Waals surface area (Å²) in [5.74, 6) is -1.43. The van der Waals surface area contributed by atoms with Crippen LogP contribution in [0.5, 0.6) is 0 Å². The molecule has 0 aliphatic rings. The van der Waals surface area contributed by atoms with E-state index in [4.69, 9.17) is 16.3 Å². The van der Waals surface area contributed by atoms with Crippen LogP contribution < -0.4 is 0 Å². The number of aldehydes is 1. The molecule has 0 bridgehead atoms. The number of carbonyl (C=O) groups excluding carboxylic acids is 2. The van der Waals surface area contributed by atoms with Crippen molar-refractivity contribution in [1.29, 1.82) is 0 Å². The van der Waals surface area contributed by atoms with E-state index in [0.717, 1.165) is 5.56 Å². The number of esters is 1. The molecule has 0 N–H and O–H groups in total. The Hall–Kier alpha value is -1.35. The zero-order valence-electron chi connectivity index (χ0n) is 9.20. The van der Waals surface area contributed by atoms with E-state index in [1.54, 1.807) is 25.1 Å². The van der Waals surface area contributed by atoms with Crippen molar-refractivity contribution in [3.63, 3.8) is 0 Å². The smallest absolute Gasteiger partial charge is 0.320 e. The minimum Gasteiger partial charge on any atom is -0.465 e. The van der Waals surface area contributed by atoms with E-state index < -0.39 is 11.9 Å². The number of benzene rings is 1. The maximum atomic E-state index is 11.5. The lowest BCUT2D eigenvalue weighted by Crippen LogP contribution is -2.17. The number of ether oxygens (including phenoxy) is 1. The fourth-order valence-electron chi connectivity index (χ4n) is 1.45. The van der Waals surface area contributed by atoms with Gasteiger partial charge >= 0.3 is 5.97 Å². The minimum absolute atomic E-state index is 0.253. The van der Waals surface area contributed by atoms with E-state index in [9.17, 15) is 9.59 Å². The molecule has 0 aliphatic carbocycles. The Bertz CT molecular complexity index is 381. The molecule has 1 aromatic rings. The average molecular weight is 241 g/mol. The van der Waals surface area contributed by atoms with Crippen molar-refractivity contribution in [2.24, 2.45) is 0 Å². The van der Waals surface area contributed by atoms with Crippen molar-refractivity contribution in [1.82, 2.24) is 0 Å². The summed E-state index contributed by atoms with van der Waals surface area (Å²) in [7, 11) is 0. The van der Waals surface area contributed by atoms with Crippen LogP contribution in [0.25, 0.3) is 0 Å². The molecule has 3 nitrogen and oxygen atoms in total. The summed E-state index contributed by atoms with van der Waals surface area (Å²) >= 11 is 5.86. The van der Waals surface area contributed by atoms with Gasteiger partial charge in [0.15, 0.2) is 0 Å². The lowest BCUT2D eigenvalue weighted by Gasteiger charge is -2.10. The van der Waals surface area contributed by atoms with Crippen LogP contribution in [0.3, 0.4) is 0 Å². The summed E-state index contributed by atoms with van der Waals surface area (Å²) < 4.78 is 4.82. The van der Waals surface area contributed by atoms with E-state index >= 15 is 0 Å². The van der Waals surface area contributed by atoms with Crippen LogP contribution in [0.4, 0.5) is 0 Å². The Kier molecular flexibility index (Phi) is 4.50. The summed E-state index contributed by atoms with van der Waals surface area (Å²) in [5, 5.41) is 0.506. The van der Waals surface area contributed by atoms with Crippen LogP contribution in [0, 0.1) is 6.92 Å². The molecule has 4 heteroatoms. The monoisotopic (exact) mass is 240 g/mol. The number of carbonyl (C=O) groups is 2. The van der Waals surface area contributed by atoms with Gasteiger partial charge in [-0.15, -0.1) is 0 Å². The first-order valence-electron chi connectivity index (χ1n) is 4.97. The molecule has 0 heterocycles. The normalized spacial score (nSPS) is 11.9. The molecular formula is C12H13ClO3. The highest BCUT2D eigenvalue weighted by atomic mass is 35.5. The molecule has 1 unspecified atom stereocenters. The third kappa shape index (κ3) is 3.07. The van der Waals surface area contributed by atoms with Gasteiger partial charge in [0.25, 0.3) is 0 Å². The van der Waals surface area contributed by atoms with Crippen molar-refractivity contribution in [2.75, 3.05) is 6.61 Å². The fourth-order valence-corrected chi connectivity index (χ4v) is 1.74. The largest absolute Gasteiger partial charge is 0.465 e. The van der Waals surface area contributed by atoms with Gasteiger partial charge in [-0.2, -0.15) is 0 Å². The van der Waals surface area contributed by atoms with E-state index in [-0.39, 0.29) is 6.61 Å². The molecule has 0 aromatic heterocycles. The first-order valence-corrected chi connectivity index (χ1v) is 5.35. The van der Waals surface area contributed by atoms with Crippen LogP contribution in [-0.4, -0.2) is 18.9 Å². The summed E-state index contributed by atoms with van der Waals surface area (Å²) in [5.41, 5.74) is 1.47. The summed E-state index contributed by atoms with van der Waals surface area (Å²) in [4.78, 5) is 22.4. The molecular weight excluding hydrogens is 228 g/mol. The van der Waals surface area contributed by atoms with Gasteiger partial charge in [-0.1, -0.05) is 17.7 Å².